The van der Waals surface area contributed by atoms with Gasteiger partial charge in [-0.3, -0.25) is 0 Å². The van der Waals surface area contributed by atoms with Gasteiger partial charge in [0, 0.05) is 0 Å². The zero-order chi connectivity index (χ0) is 33.6. The molecule has 0 nitrogen and oxygen atoms in total. The van der Waals surface area contributed by atoms with Gasteiger partial charge in [-0.25, -0.2) is 0 Å². The van der Waals surface area contributed by atoms with Crippen molar-refractivity contribution in [3.05, 3.63) is 131 Å². The van der Waals surface area contributed by atoms with E-state index < -0.39 is 0 Å². The van der Waals surface area contributed by atoms with E-state index in [9.17, 15) is 0 Å². The molecule has 252 valence electrons. The van der Waals surface area contributed by atoms with Crippen molar-refractivity contribution in [3.63, 3.8) is 0 Å². The van der Waals surface area contributed by atoms with Gasteiger partial charge >= 0.3 is 41.9 Å². The molecule has 0 saturated carbocycles. The van der Waals surface area contributed by atoms with Crippen LogP contribution >= 0.6 is 0 Å². The topological polar surface area (TPSA) is 0 Å². The number of rotatable bonds is 5. The maximum Gasteiger partial charge on any atom is -0.0132 e. The first-order valence-corrected chi connectivity index (χ1v) is 23.1. The smallest absolute Gasteiger partial charge is 0.0132 e. The van der Waals surface area contributed by atoms with E-state index in [4.69, 9.17) is 0 Å². The molecule has 0 N–H and O–H groups in total. The Balaban J connectivity index is 0.000000290. The van der Waals surface area contributed by atoms with Crippen molar-refractivity contribution >= 4 is 27.0 Å². The summed E-state index contributed by atoms with van der Waals surface area (Å²) in [5, 5.41) is 5.43. The van der Waals surface area contributed by atoms with Crippen LogP contribution in [0.25, 0.3) is 43.8 Å². The summed E-state index contributed by atoms with van der Waals surface area (Å²) >= 11 is 1.74. The number of hydrogen-bond donors (Lipinski definition) is 0. The average molecular weight is 771 g/mol. The summed E-state index contributed by atoms with van der Waals surface area (Å²) in [6, 6.07) is 40.5. The first kappa shape index (κ1) is 41.9. The van der Waals surface area contributed by atoms with Crippen molar-refractivity contribution in [2.75, 3.05) is 0 Å². The number of halogens is 2. The quantitative estimate of drug-likeness (QED) is 0.126. The van der Waals surface area contributed by atoms with Gasteiger partial charge in [-0.2, -0.15) is 12.1 Å². The molecule has 48 heavy (non-hydrogen) atoms. The molecule has 1 atom stereocenters. The number of fused-ring (bicyclic) bond motifs is 2. The predicted molar refractivity (Wildman–Crippen MR) is 204 cm³/mol. The molecule has 1 unspecified atom stereocenters. The van der Waals surface area contributed by atoms with Crippen molar-refractivity contribution in [2.24, 2.45) is 0 Å². The Morgan fingerprint density at radius 1 is 0.688 bits per heavy atom. The fourth-order valence-electron chi connectivity index (χ4n) is 5.86. The van der Waals surface area contributed by atoms with Crippen molar-refractivity contribution < 1.29 is 48.1 Å². The van der Waals surface area contributed by atoms with Gasteiger partial charge in [-0.05, 0) is 39.5 Å². The van der Waals surface area contributed by atoms with Crippen LogP contribution in [0.4, 0.5) is 0 Å². The van der Waals surface area contributed by atoms with Crippen molar-refractivity contribution in [3.8, 4) is 22.3 Å². The van der Waals surface area contributed by atoms with E-state index in [0.717, 1.165) is 0 Å². The second-order valence-corrected chi connectivity index (χ2v) is 23.7. The van der Waals surface area contributed by atoms with Crippen LogP contribution in [-0.4, -0.2) is 5.43 Å². The molecule has 0 bridgehead atoms. The van der Waals surface area contributed by atoms with E-state index in [1.807, 2.05) is 0 Å². The third-order valence-electron chi connectivity index (χ3n) is 8.80. The predicted octanol–water partition coefficient (Wildman–Crippen LogP) is 7.49. The molecule has 0 aliphatic rings. The van der Waals surface area contributed by atoms with Gasteiger partial charge in [-0.15, -0.1) is 69.1 Å². The van der Waals surface area contributed by atoms with Gasteiger partial charge in [-0.1, -0.05) is 134 Å². The zero-order valence-electron chi connectivity index (χ0n) is 30.5. The fraction of sp³-hybridized carbons (Fsp3) is 0.318. The molecule has 0 aliphatic carbocycles. The molecule has 6 aromatic rings. The second kappa shape index (κ2) is 18.7. The van der Waals surface area contributed by atoms with E-state index in [2.05, 4.69) is 178 Å². The molecule has 0 saturated heterocycles. The van der Waals surface area contributed by atoms with Crippen LogP contribution in [0.15, 0.2) is 109 Å². The largest absolute Gasteiger partial charge is 1.00 e. The third-order valence-corrected chi connectivity index (χ3v) is 8.80. The molecule has 0 heterocycles. The molecule has 4 heteroatoms. The maximum absolute atomic E-state index is 2.38. The molecular weight excluding hydrogens is 719 g/mol. The number of hydrogen-bond acceptors (Lipinski definition) is 0. The molecule has 6 aromatic carbocycles. The molecule has 0 spiro atoms. The monoisotopic (exact) mass is 768 g/mol. The van der Waals surface area contributed by atoms with E-state index in [-0.39, 0.29) is 35.7 Å². The van der Waals surface area contributed by atoms with Crippen molar-refractivity contribution in [1.82, 2.24) is 0 Å². The van der Waals surface area contributed by atoms with E-state index in [0.29, 0.717) is 11.8 Å². The number of aryl methyl sites for hydroxylation is 1. The fourth-order valence-corrected chi connectivity index (χ4v) is 5.86. The zero-order valence-corrected chi connectivity index (χ0v) is 35.5. The van der Waals surface area contributed by atoms with Gasteiger partial charge < -0.3 is 24.8 Å². The van der Waals surface area contributed by atoms with Gasteiger partial charge in [0.25, 0.3) is 0 Å². The van der Waals surface area contributed by atoms with E-state index in [1.165, 1.54) is 72.5 Å². The Morgan fingerprint density at radius 3 is 1.60 bits per heavy atom. The van der Waals surface area contributed by atoms with Crippen LogP contribution in [-0.2, 0) is 28.8 Å². The standard InChI is InChI=1S/C22H25.C20H21.C2H6Si.2ClH.Zr/c1-5-16(4)20-13-19-7-6-8-21(22(19)14-20)18-11-9-17(10-12-18)15(2)3;1-14-12-16-6-5-7-18(19(16)13-14)15-8-10-17(11-9-15)20(2,3)4;1-3-2;;;/h6-16H,5H2,1-4H3;5-13H,1-4H3;1-2H3;2*1H;/q2*-1;;;;+2/p-2. The molecule has 0 aromatic heterocycles. The van der Waals surface area contributed by atoms with Crippen LogP contribution in [0.1, 0.15) is 89.0 Å². The summed E-state index contributed by atoms with van der Waals surface area (Å²) < 4.78 is 0. The maximum atomic E-state index is 2.38. The minimum absolute atomic E-state index is 0. The minimum Gasteiger partial charge on any atom is -1.00 e. The van der Waals surface area contributed by atoms with Crippen LogP contribution in [0, 0.1) is 6.92 Å². The van der Waals surface area contributed by atoms with Gasteiger partial charge in [0.1, 0.15) is 0 Å². The van der Waals surface area contributed by atoms with E-state index in [1.54, 1.807) is 23.3 Å². The minimum atomic E-state index is 0. The molecule has 0 radical (unpaired) electrons. The normalized spacial score (nSPS) is 11.5. The van der Waals surface area contributed by atoms with Crippen molar-refractivity contribution in [2.45, 2.75) is 92.2 Å². The molecule has 0 fully saturated rings. The summed E-state index contributed by atoms with van der Waals surface area (Å²) in [6.45, 7) is 22.6. The van der Waals surface area contributed by atoms with Crippen molar-refractivity contribution in [1.29, 1.82) is 0 Å². The first-order valence-electron chi connectivity index (χ1n) is 16.9. The summed E-state index contributed by atoms with van der Waals surface area (Å²) in [5.41, 5.74) is 11.3. The Labute approximate surface area is 318 Å². The molecular formula is C44H52Cl2SiZr-2. The number of benzene rings is 4. The molecule has 0 aliphatic heterocycles. The van der Waals surface area contributed by atoms with Gasteiger partial charge in [0.2, 0.25) is 0 Å². The molecule has 6 rings (SSSR count). The summed E-state index contributed by atoms with van der Waals surface area (Å²) in [4.78, 5) is 0. The summed E-state index contributed by atoms with van der Waals surface area (Å²) in [6.07, 6.45) is 1.19. The Kier molecular flexibility index (Phi) is 16.3. The van der Waals surface area contributed by atoms with Crippen LogP contribution < -0.4 is 24.8 Å². The first-order chi connectivity index (χ1) is 21.8. The van der Waals surface area contributed by atoms with Crippen LogP contribution in [0.3, 0.4) is 0 Å². The third kappa shape index (κ3) is 10.9. The summed E-state index contributed by atoms with van der Waals surface area (Å²) in [5.74, 6) is 1.21. The average Bonchev–Trinajstić information content (AvgIpc) is 3.63. The van der Waals surface area contributed by atoms with Gasteiger partial charge in [0.05, 0.1) is 0 Å². The van der Waals surface area contributed by atoms with Crippen LogP contribution in [0.5, 0.6) is 0 Å². The Bertz CT molecular complexity index is 1880. The SMILES string of the molecule is CCC(C)c1cc2c(-c3ccc(C(C)C)cc3)cccc2[cH-]1.C[Si](C)=[Zr+2].Cc1cc2c(-c3ccc(C(C)(C)C)cc3)cccc2[cH-]1.[Cl-].[Cl-]. The summed E-state index contributed by atoms with van der Waals surface area (Å²) in [7, 11) is 0. The van der Waals surface area contributed by atoms with E-state index >= 15 is 0 Å². The Hall–Kier alpha value is -2.22. The molecule has 0 amide bonds. The second-order valence-electron chi connectivity index (χ2n) is 14.4. The van der Waals surface area contributed by atoms with Crippen LogP contribution in [0.2, 0.25) is 13.1 Å². The Morgan fingerprint density at radius 2 is 1.15 bits per heavy atom. The van der Waals surface area contributed by atoms with Gasteiger partial charge in [0.15, 0.2) is 0 Å².